The van der Waals surface area contributed by atoms with Crippen molar-refractivity contribution in [1.82, 2.24) is 4.90 Å². The van der Waals surface area contributed by atoms with Crippen LogP contribution in [0.15, 0.2) is 60.7 Å². The smallest absolute Gasteiger partial charge is 0.232 e. The van der Waals surface area contributed by atoms with Crippen molar-refractivity contribution in [2.75, 3.05) is 12.3 Å². The minimum Gasteiger partial charge on any atom is -0.331 e. The van der Waals surface area contributed by atoms with Gasteiger partial charge in [-0.1, -0.05) is 60.7 Å². The maximum Gasteiger partial charge on any atom is 0.232 e. The van der Waals surface area contributed by atoms with E-state index in [4.69, 9.17) is 10.7 Å². The van der Waals surface area contributed by atoms with Crippen molar-refractivity contribution < 1.29 is 13.2 Å². The molecule has 1 atom stereocenters. The van der Waals surface area contributed by atoms with Crippen LogP contribution in [0.3, 0.4) is 0 Å². The first-order chi connectivity index (χ1) is 11.4. The van der Waals surface area contributed by atoms with Gasteiger partial charge in [0.1, 0.15) is 0 Å². The van der Waals surface area contributed by atoms with E-state index in [1.165, 1.54) is 0 Å². The van der Waals surface area contributed by atoms with Crippen LogP contribution < -0.4 is 0 Å². The molecule has 1 unspecified atom stereocenters. The summed E-state index contributed by atoms with van der Waals surface area (Å²) in [7, 11) is 1.75. The normalized spacial score (nSPS) is 18.3. The summed E-state index contributed by atoms with van der Waals surface area (Å²) >= 11 is 0. The van der Waals surface area contributed by atoms with Crippen molar-refractivity contribution in [2.45, 2.75) is 12.5 Å². The van der Waals surface area contributed by atoms with Crippen LogP contribution in [-0.2, 0) is 13.8 Å². The molecule has 0 bridgehead atoms. The molecule has 0 radical (unpaired) electrons. The van der Waals surface area contributed by atoms with Crippen LogP contribution in [0.5, 0.6) is 0 Å². The summed E-state index contributed by atoms with van der Waals surface area (Å²) in [4.78, 5) is 14.3. The Morgan fingerprint density at radius 3 is 1.96 bits per heavy atom. The average molecular weight is 364 g/mol. The lowest BCUT2D eigenvalue weighted by molar-refractivity contribution is -0.129. The highest BCUT2D eigenvalue weighted by atomic mass is 35.7. The molecule has 1 aliphatic heterocycles. The predicted molar refractivity (Wildman–Crippen MR) is 94.2 cm³/mol. The van der Waals surface area contributed by atoms with Crippen LogP contribution in [0.1, 0.15) is 23.6 Å². The van der Waals surface area contributed by atoms with Gasteiger partial charge in [-0.3, -0.25) is 4.79 Å². The topological polar surface area (TPSA) is 54.5 Å². The third kappa shape index (κ3) is 3.97. The summed E-state index contributed by atoms with van der Waals surface area (Å²) in [6, 6.07) is 19.3. The molecule has 3 rings (SSSR count). The van der Waals surface area contributed by atoms with Crippen LogP contribution in [-0.4, -0.2) is 31.5 Å². The van der Waals surface area contributed by atoms with Crippen molar-refractivity contribution in [3.63, 3.8) is 0 Å². The molecular formula is C18H18ClNO3S. The fourth-order valence-corrected chi connectivity index (χ4v) is 4.60. The van der Waals surface area contributed by atoms with Gasteiger partial charge >= 0.3 is 0 Å². The molecule has 1 amide bonds. The molecule has 0 spiro atoms. The number of hydrogen-bond acceptors (Lipinski definition) is 3. The molecule has 2 aromatic rings. The lowest BCUT2D eigenvalue weighted by Crippen LogP contribution is -2.31. The summed E-state index contributed by atoms with van der Waals surface area (Å²) in [6.45, 7) is 0.388. The molecule has 24 heavy (non-hydrogen) atoms. The Kier molecular flexibility index (Phi) is 4.92. The van der Waals surface area contributed by atoms with E-state index in [-0.39, 0.29) is 30.0 Å². The van der Waals surface area contributed by atoms with Crippen LogP contribution in [0.4, 0.5) is 0 Å². The largest absolute Gasteiger partial charge is 0.331 e. The van der Waals surface area contributed by atoms with Gasteiger partial charge in [0.25, 0.3) is 0 Å². The molecule has 1 heterocycles. The number of carbonyl (C=O) groups is 1. The Labute approximate surface area is 146 Å². The van der Waals surface area contributed by atoms with E-state index in [1.807, 2.05) is 60.7 Å². The van der Waals surface area contributed by atoms with Crippen LogP contribution in [0.2, 0.25) is 0 Å². The minimum absolute atomic E-state index is 0.0435. The van der Waals surface area contributed by atoms with Gasteiger partial charge in [-0.05, 0) is 11.1 Å². The van der Waals surface area contributed by atoms with Crippen molar-refractivity contribution >= 4 is 25.6 Å². The molecule has 1 fully saturated rings. The third-order valence-corrected chi connectivity index (χ3v) is 5.46. The van der Waals surface area contributed by atoms with Crippen LogP contribution >= 0.6 is 10.7 Å². The average Bonchev–Trinajstić information content (AvgIpc) is 2.88. The Hall–Kier alpha value is -1.85. The van der Waals surface area contributed by atoms with Crippen molar-refractivity contribution in [3.8, 4) is 0 Å². The van der Waals surface area contributed by atoms with Crippen molar-refractivity contribution in [2.24, 2.45) is 5.92 Å². The molecule has 4 nitrogen and oxygen atoms in total. The first-order valence-corrected chi connectivity index (χ1v) is 10.2. The number of amides is 1. The molecule has 0 N–H and O–H groups in total. The van der Waals surface area contributed by atoms with E-state index in [0.717, 1.165) is 11.1 Å². The van der Waals surface area contributed by atoms with Gasteiger partial charge in [-0.2, -0.15) is 0 Å². The summed E-state index contributed by atoms with van der Waals surface area (Å²) in [5, 5.41) is 0. The molecular weight excluding hydrogens is 346 g/mol. The highest BCUT2D eigenvalue weighted by Crippen LogP contribution is 2.34. The number of hydrogen-bond donors (Lipinski definition) is 0. The van der Waals surface area contributed by atoms with Gasteiger partial charge in [0.2, 0.25) is 15.0 Å². The SMILES string of the molecule is O=C1CC(CS(=O)(=O)Cl)CN1C(c1ccccc1)c1ccccc1. The predicted octanol–water partition coefficient (Wildman–Crippen LogP) is 3.19. The second-order valence-corrected chi connectivity index (χ2v) is 8.87. The fraction of sp³-hybridized carbons (Fsp3) is 0.278. The summed E-state index contributed by atoms with van der Waals surface area (Å²) in [5.74, 6) is -0.486. The molecule has 126 valence electrons. The lowest BCUT2D eigenvalue weighted by Gasteiger charge is -2.29. The molecule has 1 aliphatic rings. The number of carbonyl (C=O) groups excluding carboxylic acids is 1. The Morgan fingerprint density at radius 1 is 1.00 bits per heavy atom. The zero-order valence-electron chi connectivity index (χ0n) is 13.0. The summed E-state index contributed by atoms with van der Waals surface area (Å²) < 4.78 is 22.7. The molecule has 0 aromatic heterocycles. The standard InChI is InChI=1S/C18H18ClNO3S/c19-24(22,23)13-14-11-17(21)20(12-14)18(15-7-3-1-4-8-15)16-9-5-2-6-10-16/h1-10,14,18H,11-13H2. The molecule has 0 saturated carbocycles. The van der Waals surface area contributed by atoms with Gasteiger partial charge < -0.3 is 4.90 Å². The van der Waals surface area contributed by atoms with E-state index in [1.54, 1.807) is 4.90 Å². The monoisotopic (exact) mass is 363 g/mol. The van der Waals surface area contributed by atoms with Crippen LogP contribution in [0.25, 0.3) is 0 Å². The second-order valence-electron chi connectivity index (χ2n) is 6.05. The first-order valence-electron chi connectivity index (χ1n) is 7.76. The Balaban J connectivity index is 1.93. The number of benzene rings is 2. The Bertz CT molecular complexity index is 769. The zero-order chi connectivity index (χ0) is 17.2. The maximum atomic E-state index is 12.5. The summed E-state index contributed by atoms with van der Waals surface area (Å²) in [6.07, 6.45) is 0.210. The highest BCUT2D eigenvalue weighted by molar-refractivity contribution is 8.13. The molecule has 0 aliphatic carbocycles. The van der Waals surface area contributed by atoms with Gasteiger partial charge in [0.05, 0.1) is 11.8 Å². The van der Waals surface area contributed by atoms with Crippen molar-refractivity contribution in [1.29, 1.82) is 0 Å². The molecule has 2 aromatic carbocycles. The molecule has 1 saturated heterocycles. The number of rotatable bonds is 5. The fourth-order valence-electron chi connectivity index (χ4n) is 3.27. The molecule has 6 heteroatoms. The van der Waals surface area contributed by atoms with Crippen LogP contribution in [0, 0.1) is 5.92 Å². The van der Waals surface area contributed by atoms with Crippen molar-refractivity contribution in [3.05, 3.63) is 71.8 Å². The minimum atomic E-state index is -3.62. The van der Waals surface area contributed by atoms with E-state index in [9.17, 15) is 13.2 Å². The Morgan fingerprint density at radius 2 is 1.50 bits per heavy atom. The van der Waals surface area contributed by atoms with Gasteiger partial charge in [0.15, 0.2) is 0 Å². The number of halogens is 1. The van der Waals surface area contributed by atoms with E-state index in [0.29, 0.717) is 6.54 Å². The zero-order valence-corrected chi connectivity index (χ0v) is 14.6. The number of nitrogens with zero attached hydrogens (tertiary/aromatic N) is 1. The highest BCUT2D eigenvalue weighted by Gasteiger charge is 2.37. The maximum absolute atomic E-state index is 12.5. The van der Waals surface area contributed by atoms with E-state index >= 15 is 0 Å². The van der Waals surface area contributed by atoms with E-state index in [2.05, 4.69) is 0 Å². The first kappa shape index (κ1) is 17.0. The van der Waals surface area contributed by atoms with Gasteiger partial charge in [0, 0.05) is 29.6 Å². The quantitative estimate of drug-likeness (QED) is 0.766. The summed E-state index contributed by atoms with van der Waals surface area (Å²) in [5.41, 5.74) is 2.01. The van der Waals surface area contributed by atoms with E-state index < -0.39 is 9.05 Å². The lowest BCUT2D eigenvalue weighted by atomic mass is 9.97. The second kappa shape index (κ2) is 6.95. The third-order valence-electron chi connectivity index (χ3n) is 4.22. The van der Waals surface area contributed by atoms with Gasteiger partial charge in [-0.15, -0.1) is 0 Å². The number of likely N-dealkylation sites (tertiary alicyclic amines) is 1. The van der Waals surface area contributed by atoms with Gasteiger partial charge in [-0.25, -0.2) is 8.42 Å².